The molecule has 2 aromatic rings. The molecule has 0 bridgehead atoms. The van der Waals surface area contributed by atoms with Gasteiger partial charge < -0.3 is 20.2 Å². The van der Waals surface area contributed by atoms with Gasteiger partial charge in [0.2, 0.25) is 0 Å². The normalized spacial score (nSPS) is 12.3. The first kappa shape index (κ1) is 19.3. The minimum atomic E-state index is -0.791. The number of halogens is 2. The van der Waals surface area contributed by atoms with Crippen LogP contribution in [0.1, 0.15) is 11.3 Å². The Kier molecular flexibility index (Phi) is 6.57. The molecule has 0 aliphatic rings. The molecule has 8 heteroatoms. The number of nitrogens with two attached hydrogens (primary N) is 1. The number of hydrogen-bond donors (Lipinski definition) is 2. The van der Waals surface area contributed by atoms with Crippen LogP contribution in [0.5, 0.6) is 0 Å². The first-order valence-corrected chi connectivity index (χ1v) is 7.84. The summed E-state index contributed by atoms with van der Waals surface area (Å²) in [5.41, 5.74) is 6.37. The quantitative estimate of drug-likeness (QED) is 0.571. The number of furan rings is 1. The second-order valence-electron chi connectivity index (χ2n) is 5.07. The zero-order chi connectivity index (χ0) is 19.1. The van der Waals surface area contributed by atoms with E-state index in [4.69, 9.17) is 26.5 Å². The Morgan fingerprint density at radius 1 is 1.38 bits per heavy atom. The van der Waals surface area contributed by atoms with Crippen molar-refractivity contribution < 1.29 is 18.3 Å². The fourth-order valence-corrected chi connectivity index (χ4v) is 2.11. The average Bonchev–Trinajstić information content (AvgIpc) is 3.17. The molecule has 6 nitrogen and oxygen atoms in total. The first-order chi connectivity index (χ1) is 12.4. The lowest BCUT2D eigenvalue weighted by atomic mass is 10.2. The number of carbonyl (C=O) groups is 1. The van der Waals surface area contributed by atoms with E-state index in [1.165, 1.54) is 37.6 Å². The van der Waals surface area contributed by atoms with Crippen LogP contribution in [-0.4, -0.2) is 18.8 Å². The van der Waals surface area contributed by atoms with Crippen LogP contribution in [0.25, 0.3) is 5.70 Å². The number of methoxy groups -OCH3 is 1. The van der Waals surface area contributed by atoms with Crippen molar-refractivity contribution in [2.45, 2.75) is 6.54 Å². The highest BCUT2D eigenvalue weighted by Gasteiger charge is 2.20. The second-order valence-corrected chi connectivity index (χ2v) is 5.44. The molecule has 0 spiro atoms. The number of hydrogen-bond acceptors (Lipinski definition) is 6. The molecule has 136 valence electrons. The number of carbonyl (C=O) groups excluding carboxylic acids is 1. The molecule has 0 saturated heterocycles. The van der Waals surface area contributed by atoms with E-state index < -0.39 is 11.8 Å². The Bertz CT molecular complexity index is 843. The van der Waals surface area contributed by atoms with Crippen LogP contribution >= 0.6 is 11.6 Å². The number of nitrogens with one attached hydrogen (secondary N) is 1. The monoisotopic (exact) mass is 377 g/mol. The SMILES string of the molecule is C=C(/N=C(C(=O)OC)\C(Cl)=C(/N)NCc1ccco1)c1ccc(F)cc1. The number of benzene rings is 1. The van der Waals surface area contributed by atoms with Crippen molar-refractivity contribution in [3.05, 3.63) is 77.2 Å². The maximum atomic E-state index is 13.0. The maximum absolute atomic E-state index is 13.0. The van der Waals surface area contributed by atoms with Crippen LogP contribution in [0.4, 0.5) is 4.39 Å². The largest absolute Gasteiger partial charge is 0.467 e. The zero-order valence-electron chi connectivity index (χ0n) is 14.0. The Labute approximate surface area is 154 Å². The fraction of sp³-hybridized carbons (Fsp3) is 0.111. The van der Waals surface area contributed by atoms with Crippen molar-refractivity contribution in [1.29, 1.82) is 0 Å². The van der Waals surface area contributed by atoms with Gasteiger partial charge in [0.1, 0.15) is 22.4 Å². The third kappa shape index (κ3) is 4.97. The summed E-state index contributed by atoms with van der Waals surface area (Å²) < 4.78 is 22.9. The molecule has 0 saturated carbocycles. The summed E-state index contributed by atoms with van der Waals surface area (Å²) >= 11 is 6.20. The standard InChI is InChI=1S/C18H17ClFN3O3/c1-11(12-5-7-13(20)8-6-12)23-16(18(24)25-2)15(19)17(21)22-10-14-4-3-9-26-14/h3-9,22H,1,10,21H2,2H3/b17-15-,23-16+. The Balaban J connectivity index is 2.26. The topological polar surface area (TPSA) is 89.8 Å². The lowest BCUT2D eigenvalue weighted by Gasteiger charge is -2.10. The molecule has 0 amide bonds. The second kappa shape index (κ2) is 8.87. The van der Waals surface area contributed by atoms with Crippen LogP contribution in [0.3, 0.4) is 0 Å². The van der Waals surface area contributed by atoms with Gasteiger partial charge in [-0.3, -0.25) is 0 Å². The predicted octanol–water partition coefficient (Wildman–Crippen LogP) is 3.16. The minimum Gasteiger partial charge on any atom is -0.467 e. The number of ether oxygens (including phenoxy) is 1. The number of aliphatic imine (C=N–C) groups is 1. The van der Waals surface area contributed by atoms with E-state index in [0.29, 0.717) is 11.3 Å². The summed E-state index contributed by atoms with van der Waals surface area (Å²) in [6.45, 7) is 4.03. The zero-order valence-corrected chi connectivity index (χ0v) is 14.7. The highest BCUT2D eigenvalue weighted by atomic mass is 35.5. The van der Waals surface area contributed by atoms with Crippen LogP contribution in [0.2, 0.25) is 0 Å². The molecular weight excluding hydrogens is 361 g/mol. The molecule has 1 heterocycles. The van der Waals surface area contributed by atoms with Gasteiger partial charge in [-0.15, -0.1) is 0 Å². The molecular formula is C18H17ClFN3O3. The van der Waals surface area contributed by atoms with Crippen molar-refractivity contribution in [2.75, 3.05) is 7.11 Å². The molecule has 1 aromatic heterocycles. The highest BCUT2D eigenvalue weighted by Crippen LogP contribution is 2.18. The number of rotatable bonds is 7. The fourth-order valence-electron chi connectivity index (χ4n) is 1.92. The summed E-state index contributed by atoms with van der Waals surface area (Å²) in [5.74, 6) is -0.548. The summed E-state index contributed by atoms with van der Waals surface area (Å²) in [6, 6.07) is 8.94. The lowest BCUT2D eigenvalue weighted by Crippen LogP contribution is -2.26. The Hall–Kier alpha value is -3.06. The Morgan fingerprint density at radius 2 is 2.08 bits per heavy atom. The highest BCUT2D eigenvalue weighted by molar-refractivity contribution is 6.58. The molecule has 2 rings (SSSR count). The maximum Gasteiger partial charge on any atom is 0.358 e. The number of nitrogens with zero attached hydrogens (tertiary/aromatic N) is 1. The summed E-state index contributed by atoms with van der Waals surface area (Å²) in [7, 11) is 1.19. The molecule has 0 aliphatic carbocycles. The smallest absolute Gasteiger partial charge is 0.358 e. The van der Waals surface area contributed by atoms with E-state index in [-0.39, 0.29) is 28.8 Å². The molecule has 0 unspecified atom stereocenters. The summed E-state index contributed by atoms with van der Waals surface area (Å²) in [5, 5.41) is 2.70. The van der Waals surface area contributed by atoms with Gasteiger partial charge in [0, 0.05) is 0 Å². The van der Waals surface area contributed by atoms with Crippen molar-refractivity contribution in [3.8, 4) is 0 Å². The third-order valence-electron chi connectivity index (χ3n) is 3.28. The molecule has 0 radical (unpaired) electrons. The van der Waals surface area contributed by atoms with Crippen molar-refractivity contribution in [3.63, 3.8) is 0 Å². The third-order valence-corrected chi connectivity index (χ3v) is 3.66. The van der Waals surface area contributed by atoms with Crippen LogP contribution in [-0.2, 0) is 16.1 Å². The Morgan fingerprint density at radius 3 is 2.65 bits per heavy atom. The van der Waals surface area contributed by atoms with E-state index in [1.807, 2.05) is 0 Å². The molecule has 26 heavy (non-hydrogen) atoms. The minimum absolute atomic E-state index is 0.0131. The van der Waals surface area contributed by atoms with Gasteiger partial charge in [-0.1, -0.05) is 18.2 Å². The van der Waals surface area contributed by atoms with Gasteiger partial charge in [-0.2, -0.15) is 0 Å². The van der Waals surface area contributed by atoms with E-state index in [2.05, 4.69) is 16.9 Å². The van der Waals surface area contributed by atoms with E-state index >= 15 is 0 Å². The van der Waals surface area contributed by atoms with Gasteiger partial charge >= 0.3 is 5.97 Å². The molecule has 0 aliphatic heterocycles. The number of esters is 1. The van der Waals surface area contributed by atoms with Gasteiger partial charge in [0.15, 0.2) is 5.71 Å². The van der Waals surface area contributed by atoms with Gasteiger partial charge in [-0.25, -0.2) is 14.2 Å². The van der Waals surface area contributed by atoms with Crippen LogP contribution in [0, 0.1) is 5.82 Å². The molecule has 0 fully saturated rings. The van der Waals surface area contributed by atoms with Crippen molar-refractivity contribution >= 4 is 29.0 Å². The van der Waals surface area contributed by atoms with Gasteiger partial charge in [0.25, 0.3) is 0 Å². The van der Waals surface area contributed by atoms with Crippen molar-refractivity contribution in [2.24, 2.45) is 10.7 Å². The molecule has 1 aromatic carbocycles. The summed E-state index contributed by atoms with van der Waals surface area (Å²) in [4.78, 5) is 16.1. The van der Waals surface area contributed by atoms with Gasteiger partial charge in [-0.05, 0) is 42.0 Å². The first-order valence-electron chi connectivity index (χ1n) is 7.46. The molecule has 0 atom stereocenters. The molecule has 3 N–H and O–H groups in total. The van der Waals surface area contributed by atoms with E-state index in [0.717, 1.165) is 0 Å². The predicted molar refractivity (Wildman–Crippen MR) is 97.5 cm³/mol. The summed E-state index contributed by atoms with van der Waals surface area (Å²) in [6.07, 6.45) is 1.52. The lowest BCUT2D eigenvalue weighted by molar-refractivity contribution is -0.132. The van der Waals surface area contributed by atoms with E-state index in [1.54, 1.807) is 12.1 Å². The van der Waals surface area contributed by atoms with Gasteiger partial charge in [0.05, 0.1) is 25.6 Å². The average molecular weight is 378 g/mol. The van der Waals surface area contributed by atoms with E-state index in [9.17, 15) is 9.18 Å². The van der Waals surface area contributed by atoms with Crippen molar-refractivity contribution in [1.82, 2.24) is 5.32 Å². The van der Waals surface area contributed by atoms with Crippen LogP contribution in [0.15, 0.2) is 69.5 Å². The van der Waals surface area contributed by atoms with Crippen LogP contribution < -0.4 is 11.1 Å².